The number of carbonyl (C=O) groups is 1. The Labute approximate surface area is 120 Å². The lowest BCUT2D eigenvalue weighted by atomic mass is 9.94. The van der Waals surface area contributed by atoms with Crippen LogP contribution in [0.25, 0.3) is 0 Å². The molecule has 1 fully saturated rings. The molecule has 2 rings (SSSR count). The molecule has 106 valence electrons. The van der Waals surface area contributed by atoms with Crippen LogP contribution in [0.15, 0.2) is 24.3 Å². The van der Waals surface area contributed by atoms with Crippen LogP contribution >= 0.6 is 0 Å². The van der Waals surface area contributed by atoms with Gasteiger partial charge in [0.1, 0.15) is 0 Å². The van der Waals surface area contributed by atoms with Crippen molar-refractivity contribution in [1.82, 2.24) is 10.2 Å². The summed E-state index contributed by atoms with van der Waals surface area (Å²) in [6.07, 6.45) is 2.81. The SMILES string of the molecule is CN(Cc1cccc(C#N)c1)C(=O)CC1CCNCC1. The van der Waals surface area contributed by atoms with Crippen molar-refractivity contribution >= 4 is 5.91 Å². The molecular formula is C16H21N3O. The van der Waals surface area contributed by atoms with E-state index in [9.17, 15) is 4.79 Å². The van der Waals surface area contributed by atoms with Crippen LogP contribution in [0, 0.1) is 17.2 Å². The number of piperidine rings is 1. The zero-order valence-electron chi connectivity index (χ0n) is 11.9. The molecule has 0 saturated carbocycles. The van der Waals surface area contributed by atoms with Crippen LogP contribution in [0.3, 0.4) is 0 Å². The summed E-state index contributed by atoms with van der Waals surface area (Å²) >= 11 is 0. The van der Waals surface area contributed by atoms with Crippen molar-refractivity contribution in [3.63, 3.8) is 0 Å². The maximum atomic E-state index is 12.2. The molecule has 4 heteroatoms. The fourth-order valence-electron chi connectivity index (χ4n) is 2.59. The lowest BCUT2D eigenvalue weighted by Gasteiger charge is -2.25. The summed E-state index contributed by atoms with van der Waals surface area (Å²) in [4.78, 5) is 14.0. The van der Waals surface area contributed by atoms with Crippen molar-refractivity contribution in [3.8, 4) is 6.07 Å². The minimum Gasteiger partial charge on any atom is -0.341 e. The van der Waals surface area contributed by atoms with Gasteiger partial charge in [-0.3, -0.25) is 4.79 Å². The van der Waals surface area contributed by atoms with Gasteiger partial charge < -0.3 is 10.2 Å². The molecule has 1 aromatic carbocycles. The lowest BCUT2D eigenvalue weighted by Crippen LogP contribution is -2.33. The molecule has 0 aliphatic carbocycles. The van der Waals surface area contributed by atoms with Gasteiger partial charge in [0.15, 0.2) is 0 Å². The van der Waals surface area contributed by atoms with Gasteiger partial charge in [-0.2, -0.15) is 5.26 Å². The van der Waals surface area contributed by atoms with Crippen LogP contribution in [-0.4, -0.2) is 30.9 Å². The van der Waals surface area contributed by atoms with Crippen LogP contribution in [0.5, 0.6) is 0 Å². The maximum absolute atomic E-state index is 12.2. The second-order valence-electron chi connectivity index (χ2n) is 5.46. The van der Waals surface area contributed by atoms with Gasteiger partial charge in [-0.05, 0) is 49.5 Å². The highest BCUT2D eigenvalue weighted by Crippen LogP contribution is 2.17. The summed E-state index contributed by atoms with van der Waals surface area (Å²) in [6.45, 7) is 2.61. The second kappa shape index (κ2) is 7.06. The minimum atomic E-state index is 0.194. The molecule has 1 aromatic rings. The second-order valence-corrected chi connectivity index (χ2v) is 5.46. The number of nitrogens with one attached hydrogen (secondary N) is 1. The Balaban J connectivity index is 1.88. The van der Waals surface area contributed by atoms with E-state index >= 15 is 0 Å². The molecule has 0 spiro atoms. The number of nitrogens with zero attached hydrogens (tertiary/aromatic N) is 2. The molecule has 0 aromatic heterocycles. The molecule has 20 heavy (non-hydrogen) atoms. The molecule has 4 nitrogen and oxygen atoms in total. The van der Waals surface area contributed by atoms with Crippen LogP contribution in [0.1, 0.15) is 30.4 Å². The van der Waals surface area contributed by atoms with Gasteiger partial charge in [0.05, 0.1) is 11.6 Å². The summed E-state index contributed by atoms with van der Waals surface area (Å²) < 4.78 is 0. The normalized spacial score (nSPS) is 15.6. The fourth-order valence-corrected chi connectivity index (χ4v) is 2.59. The third-order valence-electron chi connectivity index (χ3n) is 3.82. The number of amides is 1. The monoisotopic (exact) mass is 271 g/mol. The third-order valence-corrected chi connectivity index (χ3v) is 3.82. The Kier molecular flexibility index (Phi) is 5.14. The van der Waals surface area contributed by atoms with E-state index in [-0.39, 0.29) is 5.91 Å². The summed E-state index contributed by atoms with van der Waals surface area (Å²) in [5.41, 5.74) is 1.65. The van der Waals surface area contributed by atoms with Gasteiger partial charge in [0, 0.05) is 20.0 Å². The van der Waals surface area contributed by atoms with Crippen LogP contribution in [0.4, 0.5) is 0 Å². The van der Waals surface area contributed by atoms with Crippen LogP contribution in [-0.2, 0) is 11.3 Å². The van der Waals surface area contributed by atoms with Crippen molar-refractivity contribution in [2.45, 2.75) is 25.8 Å². The molecule has 1 heterocycles. The average molecular weight is 271 g/mol. The van der Waals surface area contributed by atoms with Crippen molar-refractivity contribution in [2.75, 3.05) is 20.1 Å². The number of benzene rings is 1. The predicted octanol–water partition coefficient (Wildman–Crippen LogP) is 1.91. The van der Waals surface area contributed by atoms with Gasteiger partial charge in [0.25, 0.3) is 0 Å². The molecule has 1 saturated heterocycles. The quantitative estimate of drug-likeness (QED) is 0.910. The maximum Gasteiger partial charge on any atom is 0.222 e. The van der Waals surface area contributed by atoms with Crippen molar-refractivity contribution in [1.29, 1.82) is 5.26 Å². The number of nitriles is 1. The average Bonchev–Trinajstić information content (AvgIpc) is 2.48. The standard InChI is InChI=1S/C16H21N3O/c1-19(12-15-4-2-3-14(9-15)11-17)16(20)10-13-5-7-18-8-6-13/h2-4,9,13,18H,5-8,10,12H2,1H3. The van der Waals surface area contributed by atoms with E-state index < -0.39 is 0 Å². The fraction of sp³-hybridized carbons (Fsp3) is 0.500. The zero-order valence-corrected chi connectivity index (χ0v) is 11.9. The number of rotatable bonds is 4. The summed E-state index contributed by atoms with van der Waals surface area (Å²) in [7, 11) is 1.84. The lowest BCUT2D eigenvalue weighted by molar-refractivity contribution is -0.131. The highest BCUT2D eigenvalue weighted by Gasteiger charge is 2.19. The largest absolute Gasteiger partial charge is 0.341 e. The smallest absolute Gasteiger partial charge is 0.222 e. The molecule has 1 amide bonds. The minimum absolute atomic E-state index is 0.194. The Hall–Kier alpha value is -1.86. The first-order valence-electron chi connectivity index (χ1n) is 7.13. The van der Waals surface area contributed by atoms with Gasteiger partial charge in [-0.1, -0.05) is 12.1 Å². The Morgan fingerprint density at radius 1 is 1.45 bits per heavy atom. The van der Waals surface area contributed by atoms with Crippen molar-refractivity contribution < 1.29 is 4.79 Å². The molecule has 0 radical (unpaired) electrons. The molecule has 0 bridgehead atoms. The number of hydrogen-bond donors (Lipinski definition) is 1. The van der Waals surface area contributed by atoms with E-state index in [0.717, 1.165) is 31.5 Å². The number of hydrogen-bond acceptors (Lipinski definition) is 3. The molecule has 0 atom stereocenters. The van der Waals surface area contributed by atoms with E-state index in [1.807, 2.05) is 25.2 Å². The van der Waals surface area contributed by atoms with E-state index in [4.69, 9.17) is 5.26 Å². The molecule has 1 N–H and O–H groups in total. The first-order valence-corrected chi connectivity index (χ1v) is 7.13. The van der Waals surface area contributed by atoms with E-state index in [1.54, 1.807) is 11.0 Å². The molecule has 0 unspecified atom stereocenters. The van der Waals surface area contributed by atoms with E-state index in [2.05, 4.69) is 11.4 Å². The highest BCUT2D eigenvalue weighted by molar-refractivity contribution is 5.76. The number of carbonyl (C=O) groups excluding carboxylic acids is 1. The first-order chi connectivity index (χ1) is 9.69. The Bertz CT molecular complexity index is 501. The van der Waals surface area contributed by atoms with Crippen LogP contribution in [0.2, 0.25) is 0 Å². The summed E-state index contributed by atoms with van der Waals surface area (Å²) in [6, 6.07) is 9.56. The Morgan fingerprint density at radius 3 is 2.90 bits per heavy atom. The summed E-state index contributed by atoms with van der Waals surface area (Å²) in [5, 5.41) is 12.2. The van der Waals surface area contributed by atoms with E-state index in [1.165, 1.54) is 0 Å². The van der Waals surface area contributed by atoms with E-state index in [0.29, 0.717) is 24.4 Å². The Morgan fingerprint density at radius 2 is 2.20 bits per heavy atom. The molecule has 1 aliphatic rings. The van der Waals surface area contributed by atoms with Crippen molar-refractivity contribution in [3.05, 3.63) is 35.4 Å². The van der Waals surface area contributed by atoms with Crippen molar-refractivity contribution in [2.24, 2.45) is 5.92 Å². The zero-order chi connectivity index (χ0) is 14.4. The van der Waals surface area contributed by atoms with Gasteiger partial charge in [0.2, 0.25) is 5.91 Å². The predicted molar refractivity (Wildman–Crippen MR) is 77.8 cm³/mol. The topological polar surface area (TPSA) is 56.1 Å². The van der Waals surface area contributed by atoms with Crippen LogP contribution < -0.4 is 5.32 Å². The third kappa shape index (κ3) is 4.07. The summed E-state index contributed by atoms with van der Waals surface area (Å²) in [5.74, 6) is 0.705. The molecular weight excluding hydrogens is 250 g/mol. The van der Waals surface area contributed by atoms with Gasteiger partial charge in [-0.25, -0.2) is 0 Å². The van der Waals surface area contributed by atoms with Gasteiger partial charge in [-0.15, -0.1) is 0 Å². The highest BCUT2D eigenvalue weighted by atomic mass is 16.2. The van der Waals surface area contributed by atoms with Gasteiger partial charge >= 0.3 is 0 Å². The first kappa shape index (κ1) is 14.5. The molecule has 1 aliphatic heterocycles.